The van der Waals surface area contributed by atoms with Crippen molar-refractivity contribution in [3.05, 3.63) is 66.5 Å². The maximum absolute atomic E-state index is 12.1. The molecule has 0 spiro atoms. The van der Waals surface area contributed by atoms with Gasteiger partial charge < -0.3 is 20.7 Å². The number of urea groups is 1. The van der Waals surface area contributed by atoms with Gasteiger partial charge in [0.15, 0.2) is 6.61 Å². The van der Waals surface area contributed by atoms with E-state index in [9.17, 15) is 9.59 Å². The van der Waals surface area contributed by atoms with E-state index in [1.165, 1.54) is 0 Å². The van der Waals surface area contributed by atoms with E-state index in [-0.39, 0.29) is 18.5 Å². The molecular formula is C19H17N5O3. The van der Waals surface area contributed by atoms with E-state index in [1.807, 2.05) is 36.5 Å². The Bertz CT molecular complexity index is 968. The van der Waals surface area contributed by atoms with Gasteiger partial charge >= 0.3 is 6.03 Å². The topological polar surface area (TPSA) is 97.3 Å². The van der Waals surface area contributed by atoms with Gasteiger partial charge in [0.2, 0.25) is 0 Å². The molecule has 0 fully saturated rings. The molecule has 2 heterocycles. The highest BCUT2D eigenvalue weighted by molar-refractivity contribution is 5.96. The van der Waals surface area contributed by atoms with Crippen LogP contribution in [0.5, 0.6) is 5.75 Å². The third-order valence-electron chi connectivity index (χ3n) is 4.03. The number of anilines is 2. The van der Waals surface area contributed by atoms with Crippen LogP contribution in [0.15, 0.2) is 60.9 Å². The first-order valence-corrected chi connectivity index (χ1v) is 8.38. The lowest BCUT2D eigenvalue weighted by atomic mass is 10.2. The third kappa shape index (κ3) is 3.90. The number of amides is 3. The largest absolute Gasteiger partial charge is 0.482 e. The molecule has 0 radical (unpaired) electrons. The Morgan fingerprint density at radius 1 is 1.22 bits per heavy atom. The molecule has 8 nitrogen and oxygen atoms in total. The molecule has 1 aliphatic heterocycles. The zero-order valence-corrected chi connectivity index (χ0v) is 14.3. The maximum Gasteiger partial charge on any atom is 0.319 e. The Morgan fingerprint density at radius 3 is 2.85 bits per heavy atom. The summed E-state index contributed by atoms with van der Waals surface area (Å²) in [5, 5.41) is 12.4. The molecule has 0 bridgehead atoms. The Kier molecular flexibility index (Phi) is 4.44. The lowest BCUT2D eigenvalue weighted by molar-refractivity contribution is -0.118. The van der Waals surface area contributed by atoms with Gasteiger partial charge in [-0.1, -0.05) is 12.1 Å². The number of fused-ring (bicyclic) bond motifs is 1. The zero-order valence-electron chi connectivity index (χ0n) is 14.3. The van der Waals surface area contributed by atoms with E-state index in [4.69, 9.17) is 4.74 Å². The molecule has 4 rings (SSSR count). The minimum absolute atomic E-state index is 0.0306. The summed E-state index contributed by atoms with van der Waals surface area (Å²) < 4.78 is 7.11. The minimum atomic E-state index is -0.328. The second-order valence-electron chi connectivity index (χ2n) is 5.97. The molecule has 1 aromatic heterocycles. The summed E-state index contributed by atoms with van der Waals surface area (Å²) in [7, 11) is 0. The number of hydrogen-bond acceptors (Lipinski definition) is 4. The fraction of sp³-hybridized carbons (Fsp3) is 0.105. The van der Waals surface area contributed by atoms with E-state index in [0.717, 1.165) is 11.3 Å². The van der Waals surface area contributed by atoms with Gasteiger partial charge in [-0.15, -0.1) is 0 Å². The first kappa shape index (κ1) is 16.6. The molecule has 0 saturated carbocycles. The van der Waals surface area contributed by atoms with Crippen molar-refractivity contribution in [3.63, 3.8) is 0 Å². The standard InChI is InChI=1S/C19H17N5O3/c25-18-12-27-17-10-14(4-7-16(17)23-18)22-19(26)20-11-13-2-5-15(6-3-13)24-9-1-8-21-24/h1-10H,11-12H2,(H,23,25)(H2,20,22,26). The molecule has 3 amide bonds. The monoisotopic (exact) mass is 363 g/mol. The summed E-state index contributed by atoms with van der Waals surface area (Å²) in [5.74, 6) is 0.334. The molecule has 136 valence electrons. The molecule has 0 saturated heterocycles. The van der Waals surface area contributed by atoms with Crippen molar-refractivity contribution in [1.82, 2.24) is 15.1 Å². The van der Waals surface area contributed by atoms with Crippen LogP contribution in [-0.2, 0) is 11.3 Å². The Labute approximate surface area is 155 Å². The molecule has 0 atom stereocenters. The van der Waals surface area contributed by atoms with Gasteiger partial charge in [-0.3, -0.25) is 4.79 Å². The highest BCUT2D eigenvalue weighted by atomic mass is 16.5. The number of nitrogens with zero attached hydrogens (tertiary/aromatic N) is 2. The van der Waals surface area contributed by atoms with Crippen LogP contribution in [0.3, 0.4) is 0 Å². The van der Waals surface area contributed by atoms with Gasteiger partial charge in [-0.25, -0.2) is 9.48 Å². The number of hydrogen-bond donors (Lipinski definition) is 3. The van der Waals surface area contributed by atoms with Crippen LogP contribution in [0, 0.1) is 0 Å². The fourth-order valence-electron chi connectivity index (χ4n) is 2.70. The van der Waals surface area contributed by atoms with Gasteiger partial charge in [-0.2, -0.15) is 5.10 Å². The second-order valence-corrected chi connectivity index (χ2v) is 5.97. The summed E-state index contributed by atoms with van der Waals surface area (Å²) >= 11 is 0. The fourth-order valence-corrected chi connectivity index (χ4v) is 2.70. The van der Waals surface area contributed by atoms with Gasteiger partial charge in [0.05, 0.1) is 11.4 Å². The van der Waals surface area contributed by atoms with E-state index < -0.39 is 0 Å². The number of nitrogens with one attached hydrogen (secondary N) is 3. The quantitative estimate of drug-likeness (QED) is 0.663. The van der Waals surface area contributed by atoms with Gasteiger partial charge in [0, 0.05) is 30.7 Å². The highest BCUT2D eigenvalue weighted by Gasteiger charge is 2.16. The number of carbonyl (C=O) groups excluding carboxylic acids is 2. The zero-order chi connectivity index (χ0) is 18.6. The molecule has 2 aromatic carbocycles. The van der Waals surface area contributed by atoms with Crippen molar-refractivity contribution < 1.29 is 14.3 Å². The van der Waals surface area contributed by atoms with Crippen LogP contribution in [0.4, 0.5) is 16.2 Å². The lowest BCUT2D eigenvalue weighted by Crippen LogP contribution is -2.28. The number of benzene rings is 2. The minimum Gasteiger partial charge on any atom is -0.482 e. The summed E-state index contributed by atoms with van der Waals surface area (Å²) in [6, 6.07) is 14.4. The van der Waals surface area contributed by atoms with Crippen molar-refractivity contribution in [2.75, 3.05) is 17.2 Å². The molecular weight excluding hydrogens is 346 g/mol. The summed E-state index contributed by atoms with van der Waals surface area (Å²) in [6.07, 6.45) is 3.59. The number of carbonyl (C=O) groups is 2. The summed E-state index contributed by atoms with van der Waals surface area (Å²) in [5.41, 5.74) is 3.10. The van der Waals surface area contributed by atoms with E-state index in [0.29, 0.717) is 23.7 Å². The average molecular weight is 363 g/mol. The molecule has 3 N–H and O–H groups in total. The number of ether oxygens (including phenoxy) is 1. The van der Waals surface area contributed by atoms with Crippen molar-refractivity contribution in [2.45, 2.75) is 6.54 Å². The van der Waals surface area contributed by atoms with Crippen LogP contribution >= 0.6 is 0 Å². The van der Waals surface area contributed by atoms with E-state index in [1.54, 1.807) is 29.1 Å². The van der Waals surface area contributed by atoms with Crippen molar-refractivity contribution in [1.29, 1.82) is 0 Å². The van der Waals surface area contributed by atoms with Crippen LogP contribution in [0.25, 0.3) is 5.69 Å². The van der Waals surface area contributed by atoms with E-state index in [2.05, 4.69) is 21.0 Å². The molecule has 0 aliphatic carbocycles. The second kappa shape index (κ2) is 7.20. The van der Waals surface area contributed by atoms with Crippen molar-refractivity contribution >= 4 is 23.3 Å². The smallest absolute Gasteiger partial charge is 0.319 e. The Morgan fingerprint density at radius 2 is 2.07 bits per heavy atom. The predicted molar refractivity (Wildman–Crippen MR) is 100.0 cm³/mol. The van der Waals surface area contributed by atoms with Crippen LogP contribution in [0.1, 0.15) is 5.56 Å². The van der Waals surface area contributed by atoms with Gasteiger partial charge in [0.25, 0.3) is 5.91 Å². The Balaban J connectivity index is 1.33. The molecule has 8 heteroatoms. The van der Waals surface area contributed by atoms with E-state index >= 15 is 0 Å². The normalized spacial score (nSPS) is 12.5. The number of rotatable bonds is 4. The predicted octanol–water partition coefficient (Wildman–Crippen LogP) is 2.52. The lowest BCUT2D eigenvalue weighted by Gasteiger charge is -2.18. The van der Waals surface area contributed by atoms with Crippen molar-refractivity contribution in [3.8, 4) is 11.4 Å². The van der Waals surface area contributed by atoms with Gasteiger partial charge in [0.1, 0.15) is 5.75 Å². The van der Waals surface area contributed by atoms with Crippen LogP contribution in [-0.4, -0.2) is 28.3 Å². The van der Waals surface area contributed by atoms with Crippen LogP contribution in [0.2, 0.25) is 0 Å². The highest BCUT2D eigenvalue weighted by Crippen LogP contribution is 2.30. The molecule has 27 heavy (non-hydrogen) atoms. The third-order valence-corrected chi connectivity index (χ3v) is 4.03. The SMILES string of the molecule is O=C1COc2cc(NC(=O)NCc3ccc(-n4cccn4)cc3)ccc2N1. The average Bonchev–Trinajstić information content (AvgIpc) is 3.22. The molecule has 3 aromatic rings. The number of aromatic nitrogens is 2. The molecule has 1 aliphatic rings. The van der Waals surface area contributed by atoms with Gasteiger partial charge in [-0.05, 0) is 35.9 Å². The first-order valence-electron chi connectivity index (χ1n) is 8.38. The summed E-state index contributed by atoms with van der Waals surface area (Å²) in [4.78, 5) is 23.4. The Hall–Kier alpha value is -3.81. The summed E-state index contributed by atoms with van der Waals surface area (Å²) in [6.45, 7) is 0.361. The first-order chi connectivity index (χ1) is 13.2. The maximum atomic E-state index is 12.1. The molecule has 0 unspecified atom stereocenters. The van der Waals surface area contributed by atoms with Crippen LogP contribution < -0.4 is 20.7 Å². The van der Waals surface area contributed by atoms with Crippen molar-refractivity contribution in [2.24, 2.45) is 0 Å².